The molecule has 57 valence electrons. The van der Waals surface area contributed by atoms with E-state index in [0.717, 1.165) is 0 Å². The van der Waals surface area contributed by atoms with Gasteiger partial charge in [0.25, 0.3) is 0 Å². The monoisotopic (exact) mass is 339 g/mol. The van der Waals surface area contributed by atoms with E-state index in [0.29, 0.717) is 7.92 Å². The third kappa shape index (κ3) is 10.2. The summed E-state index contributed by atoms with van der Waals surface area (Å²) in [6, 6.07) is 0. The zero-order valence-electron chi connectivity index (χ0n) is 7.87. The van der Waals surface area contributed by atoms with Crippen molar-refractivity contribution < 1.29 is 53.4 Å². The number of rotatable bonds is 3. The molecule has 0 nitrogen and oxygen atoms in total. The predicted molar refractivity (Wildman–Crippen MR) is 39.7 cm³/mol. The second-order valence-electron chi connectivity index (χ2n) is 1.62. The Hall–Kier alpha value is 2.17. The fourth-order valence-corrected chi connectivity index (χ4v) is 2.01. The minimum absolute atomic E-state index is 0. The van der Waals surface area contributed by atoms with E-state index in [9.17, 15) is 0 Å². The summed E-state index contributed by atoms with van der Waals surface area (Å²) in [7, 11) is 0.446. The van der Waals surface area contributed by atoms with Crippen LogP contribution < -0.4 is 29.6 Å². The van der Waals surface area contributed by atoms with Crippen LogP contribution in [0.15, 0.2) is 0 Å². The average Bonchev–Trinajstić information content (AvgIpc) is 1.72. The molecule has 0 unspecified atom stereocenters. The Kier molecular flexibility index (Phi) is 24.6. The zero-order chi connectivity index (χ0) is 5.70. The van der Waals surface area contributed by atoms with Gasteiger partial charge in [0.05, 0.1) is 0 Å². The maximum atomic E-state index is 2.29. The van der Waals surface area contributed by atoms with Crippen molar-refractivity contribution in [2.75, 3.05) is 18.5 Å². The fourth-order valence-electron chi connectivity index (χ4n) is 0.671. The fraction of sp³-hybridized carbons (Fsp3) is 1.00. The molecule has 0 N–H and O–H groups in total. The van der Waals surface area contributed by atoms with Gasteiger partial charge < -0.3 is 1.43 Å². The molecule has 0 aromatic rings. The molecule has 0 saturated heterocycles. The van der Waals surface area contributed by atoms with Crippen LogP contribution in [0, 0.1) is 0 Å². The first kappa shape index (κ1) is 17.3. The van der Waals surface area contributed by atoms with Crippen LogP contribution in [0.25, 0.3) is 0 Å². The molecule has 0 saturated carbocycles. The molecule has 0 spiro atoms. The Bertz CT molecular complexity index is 39.2. The van der Waals surface area contributed by atoms with Gasteiger partial charge in [-0.05, 0) is 18.5 Å². The molecule has 0 aliphatic carbocycles. The summed E-state index contributed by atoms with van der Waals surface area (Å²) in [5, 5.41) is 0. The van der Waals surface area contributed by atoms with Gasteiger partial charge in [-0.15, -0.1) is 7.92 Å². The minimum Gasteiger partial charge on any atom is -1.00 e. The maximum Gasteiger partial charge on any atom is 1.00 e. The van der Waals surface area contributed by atoms with E-state index in [2.05, 4.69) is 20.8 Å². The van der Waals surface area contributed by atoms with Crippen LogP contribution in [0.4, 0.5) is 0 Å². The van der Waals surface area contributed by atoms with Crippen LogP contribution in [0.1, 0.15) is 22.2 Å². The van der Waals surface area contributed by atoms with Gasteiger partial charge in [0, 0.05) is 22.4 Å². The van der Waals surface area contributed by atoms with Gasteiger partial charge in [0.15, 0.2) is 0 Å². The van der Waals surface area contributed by atoms with E-state index < -0.39 is 0 Å². The van der Waals surface area contributed by atoms with E-state index in [1.807, 2.05) is 0 Å². The summed E-state index contributed by atoms with van der Waals surface area (Å²) in [6.45, 7) is 6.87. The van der Waals surface area contributed by atoms with Crippen LogP contribution >= 0.6 is 7.92 Å². The molecule has 0 aliphatic heterocycles. The van der Waals surface area contributed by atoms with Crippen molar-refractivity contribution in [3.63, 3.8) is 0 Å². The summed E-state index contributed by atoms with van der Waals surface area (Å²) in [5.41, 5.74) is 0. The first-order valence-electron chi connectivity index (χ1n) is 3.07. The Labute approximate surface area is 99.6 Å². The SMILES string of the molecule is CCP(CC)CC.[Au].[H-].[Na+]. The van der Waals surface area contributed by atoms with Crippen molar-refractivity contribution >= 4 is 7.92 Å². The first-order chi connectivity index (χ1) is 3.35. The molecule has 1 radical (unpaired) electrons. The number of hydrogen-bond acceptors (Lipinski definition) is 0. The summed E-state index contributed by atoms with van der Waals surface area (Å²) in [5.74, 6) is 0. The molecule has 9 heavy (non-hydrogen) atoms. The Balaban J connectivity index is -0.0000000600. The molecule has 0 fully saturated rings. The van der Waals surface area contributed by atoms with Gasteiger partial charge in [0.2, 0.25) is 0 Å². The first-order valence-corrected chi connectivity index (χ1v) is 4.97. The molecule has 0 heterocycles. The topological polar surface area (TPSA) is 0 Å². The van der Waals surface area contributed by atoms with Crippen molar-refractivity contribution in [2.24, 2.45) is 0 Å². The van der Waals surface area contributed by atoms with Gasteiger partial charge in [-0.3, -0.25) is 0 Å². The summed E-state index contributed by atoms with van der Waals surface area (Å²) in [6.07, 6.45) is 4.26. The summed E-state index contributed by atoms with van der Waals surface area (Å²) in [4.78, 5) is 0. The molecular weight excluding hydrogens is 323 g/mol. The van der Waals surface area contributed by atoms with E-state index in [4.69, 9.17) is 0 Å². The smallest absolute Gasteiger partial charge is 1.00 e. The summed E-state index contributed by atoms with van der Waals surface area (Å²) >= 11 is 0. The third-order valence-corrected chi connectivity index (χ3v) is 4.02. The quantitative estimate of drug-likeness (QED) is 0.487. The van der Waals surface area contributed by atoms with Crippen molar-refractivity contribution in [1.82, 2.24) is 0 Å². The van der Waals surface area contributed by atoms with Gasteiger partial charge in [0.1, 0.15) is 0 Å². The molecule has 0 aromatic carbocycles. The van der Waals surface area contributed by atoms with E-state index in [1.165, 1.54) is 18.5 Å². The van der Waals surface area contributed by atoms with Crippen LogP contribution in [0.2, 0.25) is 0 Å². The maximum absolute atomic E-state index is 2.29. The van der Waals surface area contributed by atoms with Crippen LogP contribution in [-0.2, 0) is 22.4 Å². The van der Waals surface area contributed by atoms with Crippen LogP contribution in [-0.4, -0.2) is 18.5 Å². The Morgan fingerprint density at radius 2 is 1.22 bits per heavy atom. The van der Waals surface area contributed by atoms with E-state index in [-0.39, 0.29) is 53.4 Å². The van der Waals surface area contributed by atoms with Gasteiger partial charge in [-0.1, -0.05) is 20.8 Å². The number of hydrogen-bond donors (Lipinski definition) is 0. The van der Waals surface area contributed by atoms with Crippen molar-refractivity contribution in [1.29, 1.82) is 0 Å². The second kappa shape index (κ2) is 12.8. The Morgan fingerprint density at radius 1 is 1.00 bits per heavy atom. The molecular formula is C6H16AuNaP. The predicted octanol–water partition coefficient (Wildman–Crippen LogP) is -0.358. The molecule has 0 aromatic heterocycles. The standard InChI is InChI=1S/C6H15P.Au.Na.H/c1-4-7(5-2)6-3;;;/h4-6H2,1-3H3;;;/q;;+1;-1. The van der Waals surface area contributed by atoms with Crippen molar-refractivity contribution in [2.45, 2.75) is 20.8 Å². The second-order valence-corrected chi connectivity index (χ2v) is 4.86. The zero-order valence-corrected chi connectivity index (χ0v) is 11.9. The molecule has 0 rings (SSSR count). The molecule has 0 bridgehead atoms. The molecule has 0 aliphatic rings. The van der Waals surface area contributed by atoms with Crippen LogP contribution in [0.3, 0.4) is 0 Å². The Morgan fingerprint density at radius 3 is 1.22 bits per heavy atom. The van der Waals surface area contributed by atoms with Gasteiger partial charge in [-0.25, -0.2) is 0 Å². The normalized spacial score (nSPS) is 8.00. The van der Waals surface area contributed by atoms with Gasteiger partial charge in [-0.2, -0.15) is 0 Å². The third-order valence-electron chi connectivity index (χ3n) is 1.34. The molecule has 0 amide bonds. The average molecular weight is 339 g/mol. The molecule has 0 atom stereocenters. The largest absolute Gasteiger partial charge is 1.00 e. The van der Waals surface area contributed by atoms with E-state index in [1.54, 1.807) is 0 Å². The van der Waals surface area contributed by atoms with Crippen LogP contribution in [0.5, 0.6) is 0 Å². The summed E-state index contributed by atoms with van der Waals surface area (Å²) < 4.78 is 0. The molecule has 3 heteroatoms. The van der Waals surface area contributed by atoms with Crippen molar-refractivity contribution in [3.05, 3.63) is 0 Å². The van der Waals surface area contributed by atoms with Gasteiger partial charge >= 0.3 is 29.6 Å². The minimum atomic E-state index is 0. The van der Waals surface area contributed by atoms with Crippen molar-refractivity contribution in [3.8, 4) is 0 Å². The van der Waals surface area contributed by atoms with E-state index >= 15 is 0 Å².